The van der Waals surface area contributed by atoms with Crippen LogP contribution in [0.25, 0.3) is 11.3 Å². The molecule has 32 heavy (non-hydrogen) atoms. The van der Waals surface area contributed by atoms with Gasteiger partial charge in [-0.15, -0.1) is 0 Å². The molecule has 9 heteroatoms. The number of carboxylic acid groups (broad SMARTS) is 1. The minimum atomic E-state index is -0.250. The molecule has 0 unspecified atom stereocenters. The number of amides is 1. The van der Waals surface area contributed by atoms with Gasteiger partial charge in [0.15, 0.2) is 0 Å². The molecule has 3 aromatic rings. The van der Waals surface area contributed by atoms with Crippen molar-refractivity contribution in [2.45, 2.75) is 33.4 Å². The summed E-state index contributed by atoms with van der Waals surface area (Å²) in [5.41, 5.74) is 6.80. The molecule has 4 rings (SSSR count). The Bertz CT molecular complexity index is 1100. The highest BCUT2D eigenvalue weighted by molar-refractivity contribution is 5.94. The minimum absolute atomic E-state index is 0.148. The van der Waals surface area contributed by atoms with Crippen LogP contribution in [0.15, 0.2) is 36.7 Å². The first-order valence-electron chi connectivity index (χ1n) is 10.2. The average Bonchev–Trinajstić information content (AvgIpc) is 2.80. The third kappa shape index (κ3) is 5.50. The number of rotatable bonds is 4. The number of carbonyl (C=O) groups excluding carboxylic acids is 1. The monoisotopic (exact) mass is 434 g/mol. The highest BCUT2D eigenvalue weighted by Gasteiger charge is 2.16. The Hall–Kier alpha value is -3.72. The summed E-state index contributed by atoms with van der Waals surface area (Å²) in [4.78, 5) is 32.1. The van der Waals surface area contributed by atoms with Crippen molar-refractivity contribution in [3.63, 3.8) is 0 Å². The maximum atomic E-state index is 12.5. The topological polar surface area (TPSA) is 121 Å². The Balaban J connectivity index is 0.000000913. The van der Waals surface area contributed by atoms with Crippen LogP contribution in [-0.2, 0) is 24.3 Å². The number of nitrogens with zero attached hydrogens (tertiary/aromatic N) is 5. The van der Waals surface area contributed by atoms with Crippen LogP contribution in [0.2, 0.25) is 0 Å². The van der Waals surface area contributed by atoms with Crippen LogP contribution in [0.3, 0.4) is 0 Å². The van der Waals surface area contributed by atoms with E-state index in [0.29, 0.717) is 17.9 Å². The van der Waals surface area contributed by atoms with Gasteiger partial charge in [-0.2, -0.15) is 10.2 Å². The zero-order chi connectivity index (χ0) is 23.1. The van der Waals surface area contributed by atoms with E-state index in [1.165, 1.54) is 5.56 Å². The van der Waals surface area contributed by atoms with Gasteiger partial charge < -0.3 is 15.3 Å². The normalized spacial score (nSPS) is 12.8. The van der Waals surface area contributed by atoms with Crippen LogP contribution >= 0.6 is 0 Å². The molecule has 0 fully saturated rings. The summed E-state index contributed by atoms with van der Waals surface area (Å²) >= 11 is 0. The quantitative estimate of drug-likeness (QED) is 0.599. The second-order valence-corrected chi connectivity index (χ2v) is 7.61. The van der Waals surface area contributed by atoms with Gasteiger partial charge in [0.05, 0.1) is 18.4 Å². The van der Waals surface area contributed by atoms with E-state index in [9.17, 15) is 4.79 Å². The predicted octanol–water partition coefficient (Wildman–Crippen LogP) is 2.17. The standard InChI is InChI=1S/C22H24N6O.CH2O2/c1-14-10-25-27-21(15(14)2)16-4-6-17(7-5-16)22(29)24-12-20-23-11-18-13-28(3)9-8-19(18)26-20;2-1-3/h4-7,10-11H,8-9,12-13H2,1-3H3,(H,24,29);1H,(H,2,3). The van der Waals surface area contributed by atoms with Gasteiger partial charge >= 0.3 is 0 Å². The Kier molecular flexibility index (Phi) is 7.56. The molecular weight excluding hydrogens is 408 g/mol. The molecule has 1 amide bonds. The van der Waals surface area contributed by atoms with Gasteiger partial charge in [0.1, 0.15) is 5.82 Å². The number of fused-ring (bicyclic) bond motifs is 1. The molecular formula is C23H26N6O3. The van der Waals surface area contributed by atoms with Gasteiger partial charge in [0, 0.05) is 48.1 Å². The number of hydrogen-bond donors (Lipinski definition) is 2. The van der Waals surface area contributed by atoms with Crippen molar-refractivity contribution in [3.8, 4) is 11.3 Å². The van der Waals surface area contributed by atoms with Crippen molar-refractivity contribution >= 4 is 12.4 Å². The Morgan fingerprint density at radius 1 is 1.22 bits per heavy atom. The summed E-state index contributed by atoms with van der Waals surface area (Å²) in [7, 11) is 2.09. The van der Waals surface area contributed by atoms with Crippen molar-refractivity contribution < 1.29 is 14.7 Å². The molecule has 0 spiro atoms. The number of aryl methyl sites for hydroxylation is 1. The van der Waals surface area contributed by atoms with Gasteiger partial charge in [-0.05, 0) is 44.2 Å². The van der Waals surface area contributed by atoms with Gasteiger partial charge in [-0.3, -0.25) is 9.59 Å². The van der Waals surface area contributed by atoms with E-state index in [2.05, 4.69) is 37.4 Å². The highest BCUT2D eigenvalue weighted by atomic mass is 16.3. The molecule has 0 atom stereocenters. The van der Waals surface area contributed by atoms with Crippen molar-refractivity contribution in [1.29, 1.82) is 0 Å². The molecule has 2 N–H and O–H groups in total. The SMILES string of the molecule is Cc1cnnc(-c2ccc(C(=O)NCc3ncc4c(n3)CCN(C)C4)cc2)c1C.O=CO. The highest BCUT2D eigenvalue weighted by Crippen LogP contribution is 2.22. The minimum Gasteiger partial charge on any atom is -0.483 e. The fourth-order valence-electron chi connectivity index (χ4n) is 3.43. The van der Waals surface area contributed by atoms with E-state index in [-0.39, 0.29) is 12.4 Å². The first-order chi connectivity index (χ1) is 15.4. The summed E-state index contributed by atoms with van der Waals surface area (Å²) < 4.78 is 0. The lowest BCUT2D eigenvalue weighted by molar-refractivity contribution is -0.122. The first-order valence-corrected chi connectivity index (χ1v) is 10.2. The van der Waals surface area contributed by atoms with Gasteiger partial charge in [-0.25, -0.2) is 9.97 Å². The van der Waals surface area contributed by atoms with E-state index >= 15 is 0 Å². The number of aromatic nitrogens is 4. The van der Waals surface area contributed by atoms with Crippen LogP contribution in [0.1, 0.15) is 38.6 Å². The van der Waals surface area contributed by atoms with Gasteiger partial charge in [0.25, 0.3) is 12.4 Å². The van der Waals surface area contributed by atoms with Crippen LogP contribution in [-0.4, -0.2) is 56.1 Å². The van der Waals surface area contributed by atoms with E-state index in [4.69, 9.17) is 9.90 Å². The van der Waals surface area contributed by atoms with E-state index < -0.39 is 0 Å². The van der Waals surface area contributed by atoms with Crippen molar-refractivity contribution in [1.82, 2.24) is 30.4 Å². The Labute approximate surface area is 186 Å². The zero-order valence-corrected chi connectivity index (χ0v) is 18.4. The third-order valence-corrected chi connectivity index (χ3v) is 5.36. The molecule has 0 aliphatic carbocycles. The van der Waals surface area contributed by atoms with Crippen LogP contribution < -0.4 is 5.32 Å². The summed E-state index contributed by atoms with van der Waals surface area (Å²) in [6.07, 6.45) is 4.54. The fourth-order valence-corrected chi connectivity index (χ4v) is 3.43. The molecule has 0 radical (unpaired) electrons. The molecule has 0 saturated heterocycles. The number of nitrogens with one attached hydrogen (secondary N) is 1. The summed E-state index contributed by atoms with van der Waals surface area (Å²) in [5.74, 6) is 0.494. The van der Waals surface area contributed by atoms with Crippen LogP contribution in [0.4, 0.5) is 0 Å². The second-order valence-electron chi connectivity index (χ2n) is 7.61. The number of carbonyl (C=O) groups is 2. The number of likely N-dealkylation sites (N-methyl/N-ethyl adjacent to an activating group) is 1. The smallest absolute Gasteiger partial charge is 0.290 e. The Morgan fingerprint density at radius 2 is 1.94 bits per heavy atom. The molecule has 1 aromatic carbocycles. The molecule has 1 aliphatic heterocycles. The molecule has 1 aliphatic rings. The van der Waals surface area contributed by atoms with E-state index in [1.54, 1.807) is 18.3 Å². The van der Waals surface area contributed by atoms with Gasteiger partial charge in [0.2, 0.25) is 0 Å². The molecule has 166 valence electrons. The van der Waals surface area contributed by atoms with Gasteiger partial charge in [-0.1, -0.05) is 12.1 Å². The second kappa shape index (κ2) is 10.5. The maximum absolute atomic E-state index is 12.5. The molecule has 0 bridgehead atoms. The van der Waals surface area contributed by atoms with Crippen LogP contribution in [0, 0.1) is 13.8 Å². The molecule has 3 heterocycles. The summed E-state index contributed by atoms with van der Waals surface area (Å²) in [6, 6.07) is 7.41. The van der Waals surface area contributed by atoms with Crippen molar-refractivity contribution in [2.24, 2.45) is 0 Å². The van der Waals surface area contributed by atoms with Crippen LogP contribution in [0.5, 0.6) is 0 Å². The summed E-state index contributed by atoms with van der Waals surface area (Å²) in [5, 5.41) is 18.1. The number of hydrogen-bond acceptors (Lipinski definition) is 7. The maximum Gasteiger partial charge on any atom is 0.290 e. The Morgan fingerprint density at radius 3 is 2.66 bits per heavy atom. The largest absolute Gasteiger partial charge is 0.483 e. The first kappa shape index (κ1) is 23.0. The lowest BCUT2D eigenvalue weighted by Gasteiger charge is -2.23. The fraction of sp³-hybridized carbons (Fsp3) is 0.304. The molecule has 2 aromatic heterocycles. The van der Waals surface area contributed by atoms with Crippen molar-refractivity contribution in [2.75, 3.05) is 13.6 Å². The average molecular weight is 435 g/mol. The van der Waals surface area contributed by atoms with E-state index in [0.717, 1.165) is 47.6 Å². The lowest BCUT2D eigenvalue weighted by Crippen LogP contribution is -2.29. The third-order valence-electron chi connectivity index (χ3n) is 5.36. The number of benzene rings is 1. The zero-order valence-electron chi connectivity index (χ0n) is 18.4. The lowest BCUT2D eigenvalue weighted by atomic mass is 10.0. The molecule has 0 saturated carbocycles. The molecule has 9 nitrogen and oxygen atoms in total. The summed E-state index contributed by atoms with van der Waals surface area (Å²) in [6.45, 7) is 5.96. The van der Waals surface area contributed by atoms with E-state index in [1.807, 2.05) is 32.2 Å². The van der Waals surface area contributed by atoms with Crippen molar-refractivity contribution in [3.05, 3.63) is 70.4 Å². The predicted molar refractivity (Wildman–Crippen MR) is 119 cm³/mol.